The van der Waals surface area contributed by atoms with Crippen LogP contribution in [0.15, 0.2) is 18.5 Å². The van der Waals surface area contributed by atoms with Crippen LogP contribution in [0.25, 0.3) is 6.08 Å². The molecule has 1 aliphatic heterocycles. The smallest absolute Gasteiger partial charge is 0.328 e. The van der Waals surface area contributed by atoms with Crippen molar-refractivity contribution in [1.82, 2.24) is 9.78 Å². The van der Waals surface area contributed by atoms with Crippen LogP contribution in [0.1, 0.15) is 18.0 Å². The van der Waals surface area contributed by atoms with E-state index in [1.807, 2.05) is 10.9 Å². The Bertz CT molecular complexity index is 378. The second-order valence-electron chi connectivity index (χ2n) is 3.44. The Balaban J connectivity index is 2.06. The minimum absolute atomic E-state index is 0.289. The Morgan fingerprint density at radius 2 is 2.60 bits per heavy atom. The van der Waals surface area contributed by atoms with E-state index < -0.39 is 5.97 Å². The third-order valence-corrected chi connectivity index (χ3v) is 2.32. The predicted molar refractivity (Wildman–Crippen MR) is 53.4 cm³/mol. The number of hydrogen-bond donors (Lipinski definition) is 1. The van der Waals surface area contributed by atoms with Gasteiger partial charge in [-0.25, -0.2) is 4.79 Å². The van der Waals surface area contributed by atoms with E-state index in [4.69, 9.17) is 9.84 Å². The fraction of sp³-hybridized carbons (Fsp3) is 0.400. The van der Waals surface area contributed by atoms with Gasteiger partial charge in [0.2, 0.25) is 0 Å². The molecule has 80 valence electrons. The summed E-state index contributed by atoms with van der Waals surface area (Å²) in [5.41, 5.74) is 0.796. The maximum atomic E-state index is 10.3. The van der Waals surface area contributed by atoms with E-state index >= 15 is 0 Å². The van der Waals surface area contributed by atoms with Gasteiger partial charge in [0.05, 0.1) is 18.8 Å². The van der Waals surface area contributed by atoms with Gasteiger partial charge in [-0.15, -0.1) is 0 Å². The summed E-state index contributed by atoms with van der Waals surface area (Å²) < 4.78 is 7.07. The molecule has 1 saturated heterocycles. The molecule has 0 spiro atoms. The maximum absolute atomic E-state index is 10.3. The van der Waals surface area contributed by atoms with Crippen molar-refractivity contribution >= 4 is 12.0 Å². The second kappa shape index (κ2) is 4.27. The van der Waals surface area contributed by atoms with E-state index in [0.717, 1.165) is 24.7 Å². The first-order valence-corrected chi connectivity index (χ1v) is 4.78. The van der Waals surface area contributed by atoms with Gasteiger partial charge in [0.15, 0.2) is 0 Å². The molecule has 1 unspecified atom stereocenters. The fourth-order valence-electron chi connectivity index (χ4n) is 1.54. The third kappa shape index (κ3) is 2.44. The SMILES string of the molecule is O=C(O)/C=C/c1cnn(C2CCOC2)c1. The van der Waals surface area contributed by atoms with Crippen LogP contribution in [0.5, 0.6) is 0 Å². The van der Waals surface area contributed by atoms with Crippen LogP contribution in [0.4, 0.5) is 0 Å². The molecule has 0 amide bonds. The Morgan fingerprint density at radius 3 is 3.27 bits per heavy atom. The van der Waals surface area contributed by atoms with Crippen molar-refractivity contribution in [3.8, 4) is 0 Å². The van der Waals surface area contributed by atoms with Crippen molar-refractivity contribution in [3.63, 3.8) is 0 Å². The lowest BCUT2D eigenvalue weighted by Gasteiger charge is -2.06. The molecule has 0 radical (unpaired) electrons. The summed E-state index contributed by atoms with van der Waals surface area (Å²) in [6, 6.07) is 0.289. The second-order valence-corrected chi connectivity index (χ2v) is 3.44. The summed E-state index contributed by atoms with van der Waals surface area (Å²) in [7, 11) is 0. The number of aliphatic carboxylic acids is 1. The summed E-state index contributed by atoms with van der Waals surface area (Å²) >= 11 is 0. The van der Waals surface area contributed by atoms with E-state index in [2.05, 4.69) is 5.10 Å². The Morgan fingerprint density at radius 1 is 1.73 bits per heavy atom. The van der Waals surface area contributed by atoms with Crippen molar-refractivity contribution in [3.05, 3.63) is 24.0 Å². The molecule has 2 heterocycles. The Hall–Kier alpha value is -1.62. The van der Waals surface area contributed by atoms with Gasteiger partial charge < -0.3 is 9.84 Å². The quantitative estimate of drug-likeness (QED) is 0.751. The van der Waals surface area contributed by atoms with Crippen molar-refractivity contribution < 1.29 is 14.6 Å². The molecule has 5 heteroatoms. The molecule has 1 atom stereocenters. The van der Waals surface area contributed by atoms with Gasteiger partial charge in [-0.05, 0) is 12.5 Å². The van der Waals surface area contributed by atoms with Crippen molar-refractivity contribution in [1.29, 1.82) is 0 Å². The highest BCUT2D eigenvalue weighted by atomic mass is 16.5. The monoisotopic (exact) mass is 208 g/mol. The average Bonchev–Trinajstić information content (AvgIpc) is 2.85. The number of hydrogen-bond acceptors (Lipinski definition) is 3. The van der Waals surface area contributed by atoms with Crippen molar-refractivity contribution in [2.45, 2.75) is 12.5 Å². The first-order chi connectivity index (χ1) is 7.25. The first-order valence-electron chi connectivity index (χ1n) is 4.78. The minimum atomic E-state index is -0.952. The Labute approximate surface area is 87.0 Å². The number of carbonyl (C=O) groups is 1. The largest absolute Gasteiger partial charge is 0.478 e. The average molecular weight is 208 g/mol. The van der Waals surface area contributed by atoms with Crippen LogP contribution in [-0.2, 0) is 9.53 Å². The molecule has 2 rings (SSSR count). The van der Waals surface area contributed by atoms with Crippen LogP contribution in [0.2, 0.25) is 0 Å². The minimum Gasteiger partial charge on any atom is -0.478 e. The number of rotatable bonds is 3. The highest BCUT2D eigenvalue weighted by molar-refractivity contribution is 5.85. The zero-order chi connectivity index (χ0) is 10.7. The van der Waals surface area contributed by atoms with E-state index in [0.29, 0.717) is 6.61 Å². The number of nitrogens with zero attached hydrogens (tertiary/aromatic N) is 2. The van der Waals surface area contributed by atoms with Gasteiger partial charge in [-0.2, -0.15) is 5.10 Å². The predicted octanol–water partition coefficient (Wildman–Crippen LogP) is 0.942. The molecule has 1 aromatic heterocycles. The summed E-state index contributed by atoms with van der Waals surface area (Å²) in [6.45, 7) is 1.45. The molecule has 15 heavy (non-hydrogen) atoms. The first kappa shape index (κ1) is 9.92. The molecular formula is C10H12N2O3. The van der Waals surface area contributed by atoms with Gasteiger partial charge in [0, 0.05) is 24.4 Å². The van der Waals surface area contributed by atoms with Crippen LogP contribution in [0.3, 0.4) is 0 Å². The third-order valence-electron chi connectivity index (χ3n) is 2.32. The lowest BCUT2D eigenvalue weighted by Crippen LogP contribution is -2.08. The van der Waals surface area contributed by atoms with Crippen LogP contribution in [-0.4, -0.2) is 34.1 Å². The number of carboxylic acid groups (broad SMARTS) is 1. The molecular weight excluding hydrogens is 196 g/mol. The lowest BCUT2D eigenvalue weighted by molar-refractivity contribution is -0.131. The van der Waals surface area contributed by atoms with Gasteiger partial charge in [-0.3, -0.25) is 4.68 Å². The van der Waals surface area contributed by atoms with Crippen LogP contribution >= 0.6 is 0 Å². The number of ether oxygens (including phenoxy) is 1. The van der Waals surface area contributed by atoms with E-state index in [9.17, 15) is 4.79 Å². The van der Waals surface area contributed by atoms with Crippen molar-refractivity contribution in [2.24, 2.45) is 0 Å². The summed E-state index contributed by atoms with van der Waals surface area (Å²) in [6.07, 6.45) is 7.08. The zero-order valence-electron chi connectivity index (χ0n) is 8.17. The molecule has 5 nitrogen and oxygen atoms in total. The van der Waals surface area contributed by atoms with Gasteiger partial charge in [0.25, 0.3) is 0 Å². The zero-order valence-corrected chi connectivity index (χ0v) is 8.17. The molecule has 1 fully saturated rings. The molecule has 1 aromatic rings. The molecule has 1 aliphatic rings. The van der Waals surface area contributed by atoms with E-state index in [1.165, 1.54) is 6.08 Å². The topological polar surface area (TPSA) is 64.3 Å². The van der Waals surface area contributed by atoms with E-state index in [-0.39, 0.29) is 6.04 Å². The molecule has 0 aromatic carbocycles. The maximum Gasteiger partial charge on any atom is 0.328 e. The number of carboxylic acids is 1. The van der Waals surface area contributed by atoms with Crippen molar-refractivity contribution in [2.75, 3.05) is 13.2 Å². The standard InChI is InChI=1S/C10H12N2O3/c13-10(14)2-1-8-5-11-12(6-8)9-3-4-15-7-9/h1-2,5-6,9H,3-4,7H2,(H,13,14)/b2-1+. The highest BCUT2D eigenvalue weighted by Crippen LogP contribution is 2.18. The van der Waals surface area contributed by atoms with Crippen LogP contribution in [0, 0.1) is 0 Å². The normalized spacial score (nSPS) is 21.2. The van der Waals surface area contributed by atoms with Crippen LogP contribution < -0.4 is 0 Å². The van der Waals surface area contributed by atoms with Gasteiger partial charge >= 0.3 is 5.97 Å². The number of aromatic nitrogens is 2. The van der Waals surface area contributed by atoms with Gasteiger partial charge in [-0.1, -0.05) is 0 Å². The van der Waals surface area contributed by atoms with E-state index in [1.54, 1.807) is 6.20 Å². The fourth-order valence-corrected chi connectivity index (χ4v) is 1.54. The summed E-state index contributed by atoms with van der Waals surface area (Å²) in [4.78, 5) is 10.3. The lowest BCUT2D eigenvalue weighted by atomic mass is 10.2. The van der Waals surface area contributed by atoms with Gasteiger partial charge in [0.1, 0.15) is 0 Å². The molecule has 0 aliphatic carbocycles. The summed E-state index contributed by atoms with van der Waals surface area (Å²) in [5.74, 6) is -0.952. The summed E-state index contributed by atoms with van der Waals surface area (Å²) in [5, 5.41) is 12.6. The molecule has 0 bridgehead atoms. The molecule has 0 saturated carbocycles. The Kier molecular flexibility index (Phi) is 2.82. The molecule has 1 N–H and O–H groups in total. The highest BCUT2D eigenvalue weighted by Gasteiger charge is 2.17.